The molecule has 3 nitrogen and oxygen atoms in total. The number of methoxy groups -OCH3 is 1. The number of aryl methyl sites for hydroxylation is 1. The van der Waals surface area contributed by atoms with Gasteiger partial charge in [-0.2, -0.15) is 0 Å². The zero-order valence-electron chi connectivity index (χ0n) is 10.6. The maximum atomic E-state index is 6.15. The summed E-state index contributed by atoms with van der Waals surface area (Å²) >= 11 is 7.88. The number of rotatable bonds is 4. The highest BCUT2D eigenvalue weighted by atomic mass is 35.5. The standard InChI is InChI=1S/C13H17ClN2OS/c1-9-3-4-11(14)12(7-9)16-13-15-10(8-18-13)5-6-17-2/h3-4,7,10H,5-6,8H2,1-2H3,(H,15,16). The lowest BCUT2D eigenvalue weighted by atomic mass is 10.2. The van der Waals surface area contributed by atoms with Crippen LogP contribution >= 0.6 is 23.4 Å². The largest absolute Gasteiger partial charge is 0.385 e. The van der Waals surface area contributed by atoms with Crippen molar-refractivity contribution < 1.29 is 4.74 Å². The molecule has 1 aromatic carbocycles. The van der Waals surface area contributed by atoms with Crippen molar-refractivity contribution in [3.05, 3.63) is 28.8 Å². The molecule has 1 N–H and O–H groups in total. The van der Waals surface area contributed by atoms with Crippen LogP contribution in [0.2, 0.25) is 5.02 Å². The molecule has 2 rings (SSSR count). The van der Waals surface area contributed by atoms with E-state index in [1.54, 1.807) is 18.9 Å². The molecule has 0 aliphatic carbocycles. The molecule has 0 saturated heterocycles. The maximum absolute atomic E-state index is 6.15. The molecule has 1 aromatic rings. The SMILES string of the molecule is COCCC1CSC(Nc2cc(C)ccc2Cl)=N1. The number of aliphatic imine (C=N–C) groups is 1. The van der Waals surface area contributed by atoms with Gasteiger partial charge >= 0.3 is 0 Å². The molecular weight excluding hydrogens is 268 g/mol. The highest BCUT2D eigenvalue weighted by Crippen LogP contribution is 2.27. The summed E-state index contributed by atoms with van der Waals surface area (Å²) in [6.07, 6.45) is 0.968. The summed E-state index contributed by atoms with van der Waals surface area (Å²) in [7, 11) is 1.72. The smallest absolute Gasteiger partial charge is 0.161 e. The Morgan fingerprint density at radius 3 is 3.17 bits per heavy atom. The zero-order valence-corrected chi connectivity index (χ0v) is 12.1. The summed E-state index contributed by atoms with van der Waals surface area (Å²) in [5.41, 5.74) is 2.11. The number of thioether (sulfide) groups is 1. The van der Waals surface area contributed by atoms with Crippen LogP contribution in [0.15, 0.2) is 23.2 Å². The van der Waals surface area contributed by atoms with Crippen LogP contribution in [0, 0.1) is 6.92 Å². The highest BCUT2D eigenvalue weighted by molar-refractivity contribution is 8.14. The second kappa shape index (κ2) is 6.45. The first-order valence-corrected chi connectivity index (χ1v) is 7.28. The Hall–Kier alpha value is -0.710. The zero-order chi connectivity index (χ0) is 13.0. The Bertz CT molecular complexity index is 451. The summed E-state index contributed by atoms with van der Waals surface area (Å²) in [4.78, 5) is 4.62. The predicted molar refractivity (Wildman–Crippen MR) is 80.0 cm³/mol. The van der Waals surface area contributed by atoms with Gasteiger partial charge in [0.05, 0.1) is 16.8 Å². The number of nitrogens with one attached hydrogen (secondary N) is 1. The van der Waals surface area contributed by atoms with Crippen LogP contribution in [-0.2, 0) is 4.74 Å². The van der Waals surface area contributed by atoms with E-state index >= 15 is 0 Å². The Kier molecular flexibility index (Phi) is 4.92. The molecular formula is C13H17ClN2OS. The van der Waals surface area contributed by atoms with Crippen molar-refractivity contribution in [2.75, 3.05) is 24.8 Å². The maximum Gasteiger partial charge on any atom is 0.161 e. The number of hydrogen-bond donors (Lipinski definition) is 1. The number of ether oxygens (including phenoxy) is 1. The second-order valence-electron chi connectivity index (χ2n) is 4.29. The van der Waals surface area contributed by atoms with Crippen LogP contribution in [0.4, 0.5) is 5.69 Å². The lowest BCUT2D eigenvalue weighted by Crippen LogP contribution is -2.08. The van der Waals surface area contributed by atoms with Gasteiger partial charge in [-0.3, -0.25) is 4.99 Å². The summed E-state index contributed by atoms with van der Waals surface area (Å²) in [6.45, 7) is 2.81. The summed E-state index contributed by atoms with van der Waals surface area (Å²) in [6, 6.07) is 6.29. The molecule has 0 saturated carbocycles. The van der Waals surface area contributed by atoms with E-state index < -0.39 is 0 Å². The Morgan fingerprint density at radius 1 is 1.56 bits per heavy atom. The fourth-order valence-corrected chi connectivity index (χ4v) is 2.90. The van der Waals surface area contributed by atoms with E-state index in [-0.39, 0.29) is 0 Å². The summed E-state index contributed by atoms with van der Waals surface area (Å²) in [5.74, 6) is 1.01. The van der Waals surface area contributed by atoms with Gasteiger partial charge in [0.2, 0.25) is 0 Å². The third-order valence-corrected chi connectivity index (χ3v) is 4.09. The molecule has 1 heterocycles. The first-order chi connectivity index (χ1) is 8.69. The molecule has 1 aliphatic heterocycles. The van der Waals surface area contributed by atoms with Crippen LogP contribution in [0.1, 0.15) is 12.0 Å². The topological polar surface area (TPSA) is 33.6 Å². The van der Waals surface area contributed by atoms with Gasteiger partial charge in [-0.25, -0.2) is 0 Å². The van der Waals surface area contributed by atoms with Gasteiger partial charge in [-0.1, -0.05) is 29.4 Å². The minimum atomic E-state index is 0.348. The fourth-order valence-electron chi connectivity index (χ4n) is 1.74. The number of anilines is 1. The molecule has 0 amide bonds. The van der Waals surface area contributed by atoms with Gasteiger partial charge in [0, 0.05) is 19.5 Å². The quantitative estimate of drug-likeness (QED) is 0.918. The fraction of sp³-hybridized carbons (Fsp3) is 0.462. The molecule has 1 atom stereocenters. The molecule has 0 aromatic heterocycles. The van der Waals surface area contributed by atoms with Crippen molar-refractivity contribution in [1.29, 1.82) is 0 Å². The second-order valence-corrected chi connectivity index (χ2v) is 5.70. The molecule has 18 heavy (non-hydrogen) atoms. The third-order valence-electron chi connectivity index (χ3n) is 2.73. The van der Waals surface area contributed by atoms with Crippen LogP contribution in [0.5, 0.6) is 0 Å². The Labute approximate surface area is 117 Å². The van der Waals surface area contributed by atoms with Gasteiger partial charge in [-0.15, -0.1) is 0 Å². The average molecular weight is 285 g/mol. The van der Waals surface area contributed by atoms with Crippen molar-refractivity contribution in [3.63, 3.8) is 0 Å². The van der Waals surface area contributed by atoms with Crippen molar-refractivity contribution in [2.45, 2.75) is 19.4 Å². The van der Waals surface area contributed by atoms with Gasteiger partial charge in [0.1, 0.15) is 0 Å². The molecule has 1 aliphatic rings. The normalized spacial score (nSPS) is 18.8. The van der Waals surface area contributed by atoms with Crippen LogP contribution < -0.4 is 5.32 Å². The van der Waals surface area contributed by atoms with E-state index in [0.29, 0.717) is 6.04 Å². The van der Waals surface area contributed by atoms with Gasteiger partial charge in [0.25, 0.3) is 0 Å². The molecule has 0 radical (unpaired) electrons. The molecule has 1 unspecified atom stereocenters. The molecule has 0 spiro atoms. The lowest BCUT2D eigenvalue weighted by Gasteiger charge is -2.08. The molecule has 0 fully saturated rings. The Morgan fingerprint density at radius 2 is 2.39 bits per heavy atom. The van der Waals surface area contributed by atoms with Crippen LogP contribution in [-0.4, -0.2) is 30.7 Å². The number of amidine groups is 1. The number of nitrogens with zero attached hydrogens (tertiary/aromatic N) is 1. The monoisotopic (exact) mass is 284 g/mol. The first-order valence-electron chi connectivity index (χ1n) is 5.92. The molecule has 5 heteroatoms. The van der Waals surface area contributed by atoms with E-state index in [0.717, 1.165) is 34.7 Å². The van der Waals surface area contributed by atoms with Crippen molar-refractivity contribution in [3.8, 4) is 0 Å². The van der Waals surface area contributed by atoms with E-state index in [4.69, 9.17) is 16.3 Å². The van der Waals surface area contributed by atoms with E-state index in [9.17, 15) is 0 Å². The van der Waals surface area contributed by atoms with Crippen LogP contribution in [0.3, 0.4) is 0 Å². The highest BCUT2D eigenvalue weighted by Gasteiger charge is 2.18. The van der Waals surface area contributed by atoms with E-state index in [2.05, 4.69) is 10.3 Å². The number of hydrogen-bond acceptors (Lipinski definition) is 4. The summed E-state index contributed by atoms with van der Waals surface area (Å²) < 4.78 is 5.07. The minimum absolute atomic E-state index is 0.348. The number of halogens is 1. The minimum Gasteiger partial charge on any atom is -0.385 e. The third kappa shape index (κ3) is 3.64. The summed E-state index contributed by atoms with van der Waals surface area (Å²) in [5, 5.41) is 4.97. The lowest BCUT2D eigenvalue weighted by molar-refractivity contribution is 0.190. The number of benzene rings is 1. The van der Waals surface area contributed by atoms with Crippen molar-refractivity contribution in [1.82, 2.24) is 0 Å². The van der Waals surface area contributed by atoms with Gasteiger partial charge in [-0.05, 0) is 31.0 Å². The van der Waals surface area contributed by atoms with E-state index in [1.807, 2.05) is 25.1 Å². The van der Waals surface area contributed by atoms with Gasteiger partial charge < -0.3 is 10.1 Å². The van der Waals surface area contributed by atoms with Crippen LogP contribution in [0.25, 0.3) is 0 Å². The predicted octanol–water partition coefficient (Wildman–Crippen LogP) is 3.57. The van der Waals surface area contributed by atoms with E-state index in [1.165, 1.54) is 5.56 Å². The average Bonchev–Trinajstić information content (AvgIpc) is 2.79. The van der Waals surface area contributed by atoms with Crippen molar-refractivity contribution in [2.24, 2.45) is 4.99 Å². The molecule has 0 bridgehead atoms. The Balaban J connectivity index is 1.99. The molecule has 98 valence electrons. The van der Waals surface area contributed by atoms with Gasteiger partial charge in [0.15, 0.2) is 5.17 Å². The first kappa shape index (κ1) is 13.7. The van der Waals surface area contributed by atoms with Crippen molar-refractivity contribution >= 4 is 34.2 Å².